The Balaban J connectivity index is 1.86. The van der Waals surface area contributed by atoms with Crippen LogP contribution in [0, 0.1) is 18.3 Å². The Hall–Kier alpha value is -2.65. The number of nitriles is 1. The highest BCUT2D eigenvalue weighted by atomic mass is 15.3. The number of hydrogen-bond donors (Lipinski definition) is 1. The molecule has 1 saturated heterocycles. The van der Waals surface area contributed by atoms with E-state index in [0.29, 0.717) is 17.6 Å². The Morgan fingerprint density at radius 2 is 2.00 bits per heavy atom. The molecule has 1 N–H and O–H groups in total. The van der Waals surface area contributed by atoms with Crippen molar-refractivity contribution in [3.05, 3.63) is 41.1 Å². The molecular formula is C24H34N6. The molecule has 1 aromatic heterocycles. The quantitative estimate of drug-likeness (QED) is 0.687. The fourth-order valence-corrected chi connectivity index (χ4v) is 4.24. The lowest BCUT2D eigenvalue weighted by Gasteiger charge is -2.39. The van der Waals surface area contributed by atoms with Crippen molar-refractivity contribution in [3.8, 4) is 6.07 Å². The molecule has 0 spiro atoms. The van der Waals surface area contributed by atoms with Crippen molar-refractivity contribution in [1.29, 1.82) is 5.26 Å². The van der Waals surface area contributed by atoms with Gasteiger partial charge in [-0.3, -0.25) is 4.90 Å². The number of rotatable bonds is 8. The molecule has 0 bridgehead atoms. The van der Waals surface area contributed by atoms with Gasteiger partial charge in [-0.1, -0.05) is 33.3 Å². The molecule has 6 nitrogen and oxygen atoms in total. The molecule has 1 atom stereocenters. The molecule has 2 aromatic rings. The van der Waals surface area contributed by atoms with E-state index in [0.717, 1.165) is 61.8 Å². The van der Waals surface area contributed by atoms with E-state index in [4.69, 9.17) is 9.97 Å². The first-order chi connectivity index (χ1) is 14.6. The fourth-order valence-electron chi connectivity index (χ4n) is 4.24. The van der Waals surface area contributed by atoms with E-state index in [9.17, 15) is 5.26 Å². The lowest BCUT2D eigenvalue weighted by Crippen LogP contribution is -2.48. The first kappa shape index (κ1) is 22.0. The minimum atomic E-state index is 0.574. The zero-order chi connectivity index (χ0) is 21.5. The van der Waals surface area contributed by atoms with Gasteiger partial charge in [0.05, 0.1) is 11.6 Å². The zero-order valence-corrected chi connectivity index (χ0v) is 18.8. The van der Waals surface area contributed by atoms with E-state index >= 15 is 0 Å². The summed E-state index contributed by atoms with van der Waals surface area (Å²) in [6.07, 6.45) is 4.40. The second kappa shape index (κ2) is 10.4. The predicted molar refractivity (Wildman–Crippen MR) is 123 cm³/mol. The summed E-state index contributed by atoms with van der Waals surface area (Å²) < 4.78 is 0. The standard InChI is InChI=1S/C24H34N6/c1-5-9-20-15-23(30-13-8-10-22(17-30)29(6-2)7-3)28-24(26-20)27-21-12-11-18(4)19(14-21)16-25/h11-12,14-15,22H,5-10,13,17H2,1-4H3,(H,26,27,28). The molecule has 0 radical (unpaired) electrons. The van der Waals surface area contributed by atoms with Crippen LogP contribution in [0.3, 0.4) is 0 Å². The fraction of sp³-hybridized carbons (Fsp3) is 0.542. The van der Waals surface area contributed by atoms with Crippen LogP contribution in [0.2, 0.25) is 0 Å². The van der Waals surface area contributed by atoms with Crippen molar-refractivity contribution >= 4 is 17.5 Å². The third kappa shape index (κ3) is 5.28. The number of piperidine rings is 1. The minimum absolute atomic E-state index is 0.574. The van der Waals surface area contributed by atoms with Gasteiger partial charge in [-0.2, -0.15) is 10.2 Å². The maximum atomic E-state index is 9.33. The molecule has 2 heterocycles. The van der Waals surface area contributed by atoms with Crippen molar-refractivity contribution in [3.63, 3.8) is 0 Å². The van der Waals surface area contributed by atoms with Crippen LogP contribution >= 0.6 is 0 Å². The van der Waals surface area contributed by atoms with Crippen LogP contribution in [-0.2, 0) is 6.42 Å². The van der Waals surface area contributed by atoms with Crippen molar-refractivity contribution in [2.45, 2.75) is 59.4 Å². The SMILES string of the molecule is CCCc1cc(N2CCCC(N(CC)CC)C2)nc(Nc2ccc(C)c(C#N)c2)n1. The van der Waals surface area contributed by atoms with Crippen LogP contribution in [0.15, 0.2) is 24.3 Å². The summed E-state index contributed by atoms with van der Waals surface area (Å²) in [5, 5.41) is 12.7. The largest absolute Gasteiger partial charge is 0.355 e. The average Bonchev–Trinajstić information content (AvgIpc) is 2.76. The highest BCUT2D eigenvalue weighted by Crippen LogP contribution is 2.25. The van der Waals surface area contributed by atoms with Crippen molar-refractivity contribution < 1.29 is 0 Å². The van der Waals surface area contributed by atoms with Crippen molar-refractivity contribution in [1.82, 2.24) is 14.9 Å². The molecule has 0 saturated carbocycles. The molecule has 1 fully saturated rings. The van der Waals surface area contributed by atoms with Gasteiger partial charge in [0.25, 0.3) is 0 Å². The third-order valence-electron chi connectivity index (χ3n) is 5.94. The van der Waals surface area contributed by atoms with Gasteiger partial charge in [-0.05, 0) is 57.0 Å². The van der Waals surface area contributed by atoms with E-state index in [1.54, 1.807) is 0 Å². The van der Waals surface area contributed by atoms with Crippen molar-refractivity contribution in [2.24, 2.45) is 0 Å². The highest BCUT2D eigenvalue weighted by molar-refractivity contribution is 5.59. The monoisotopic (exact) mass is 406 g/mol. The summed E-state index contributed by atoms with van der Waals surface area (Å²) in [7, 11) is 0. The molecule has 160 valence electrons. The number of likely N-dealkylation sites (N-methyl/N-ethyl adjacent to an activating group) is 1. The summed E-state index contributed by atoms with van der Waals surface area (Å²) in [6, 6.07) is 10.8. The van der Waals surface area contributed by atoms with Crippen LogP contribution in [0.1, 0.15) is 56.9 Å². The molecular weight excluding hydrogens is 372 g/mol. The van der Waals surface area contributed by atoms with E-state index in [1.165, 1.54) is 12.8 Å². The summed E-state index contributed by atoms with van der Waals surface area (Å²) in [5.41, 5.74) is 3.54. The topological polar surface area (TPSA) is 68.1 Å². The average molecular weight is 407 g/mol. The van der Waals surface area contributed by atoms with Crippen LogP contribution in [-0.4, -0.2) is 47.1 Å². The summed E-state index contributed by atoms with van der Waals surface area (Å²) in [4.78, 5) is 14.6. The molecule has 1 aliphatic rings. The Morgan fingerprint density at radius 1 is 1.20 bits per heavy atom. The molecule has 0 aliphatic carbocycles. The lowest BCUT2D eigenvalue weighted by molar-refractivity contribution is 0.193. The van der Waals surface area contributed by atoms with Gasteiger partial charge in [0.1, 0.15) is 5.82 Å². The van der Waals surface area contributed by atoms with Crippen LogP contribution in [0.4, 0.5) is 17.5 Å². The smallest absolute Gasteiger partial charge is 0.229 e. The Labute approximate surface area is 180 Å². The Bertz CT molecular complexity index is 884. The number of aryl methyl sites for hydroxylation is 2. The van der Waals surface area contributed by atoms with E-state index in [2.05, 4.69) is 48.0 Å². The van der Waals surface area contributed by atoms with E-state index in [-0.39, 0.29) is 0 Å². The number of hydrogen-bond acceptors (Lipinski definition) is 6. The zero-order valence-electron chi connectivity index (χ0n) is 18.8. The summed E-state index contributed by atoms with van der Waals surface area (Å²) in [5.74, 6) is 1.61. The lowest BCUT2D eigenvalue weighted by atomic mass is 10.0. The predicted octanol–water partition coefficient (Wildman–Crippen LogP) is 4.66. The summed E-state index contributed by atoms with van der Waals surface area (Å²) in [6.45, 7) is 12.8. The van der Waals surface area contributed by atoms with Crippen LogP contribution in [0.25, 0.3) is 0 Å². The third-order valence-corrected chi connectivity index (χ3v) is 5.94. The van der Waals surface area contributed by atoms with Gasteiger partial charge >= 0.3 is 0 Å². The van der Waals surface area contributed by atoms with E-state index in [1.807, 2.05) is 25.1 Å². The van der Waals surface area contributed by atoms with Gasteiger partial charge in [-0.25, -0.2) is 4.98 Å². The maximum absolute atomic E-state index is 9.33. The molecule has 30 heavy (non-hydrogen) atoms. The first-order valence-electron chi connectivity index (χ1n) is 11.2. The molecule has 1 aliphatic heterocycles. The second-order valence-electron chi connectivity index (χ2n) is 8.02. The number of nitrogens with one attached hydrogen (secondary N) is 1. The molecule has 1 aromatic carbocycles. The first-order valence-corrected chi connectivity index (χ1v) is 11.2. The summed E-state index contributed by atoms with van der Waals surface area (Å²) >= 11 is 0. The number of benzene rings is 1. The van der Waals surface area contributed by atoms with E-state index < -0.39 is 0 Å². The highest BCUT2D eigenvalue weighted by Gasteiger charge is 2.25. The Kier molecular flexibility index (Phi) is 7.64. The maximum Gasteiger partial charge on any atom is 0.229 e. The number of nitrogens with zero attached hydrogens (tertiary/aromatic N) is 5. The second-order valence-corrected chi connectivity index (χ2v) is 8.02. The van der Waals surface area contributed by atoms with Crippen molar-refractivity contribution in [2.75, 3.05) is 36.4 Å². The van der Waals surface area contributed by atoms with Gasteiger partial charge < -0.3 is 10.2 Å². The van der Waals surface area contributed by atoms with Gasteiger partial charge in [0.15, 0.2) is 0 Å². The van der Waals surface area contributed by atoms with Crippen LogP contribution < -0.4 is 10.2 Å². The van der Waals surface area contributed by atoms with Gasteiger partial charge in [0, 0.05) is 36.6 Å². The van der Waals surface area contributed by atoms with Gasteiger partial charge in [0.2, 0.25) is 5.95 Å². The Morgan fingerprint density at radius 3 is 2.70 bits per heavy atom. The molecule has 0 amide bonds. The molecule has 1 unspecified atom stereocenters. The minimum Gasteiger partial charge on any atom is -0.355 e. The van der Waals surface area contributed by atoms with Gasteiger partial charge in [-0.15, -0.1) is 0 Å². The molecule has 3 rings (SSSR count). The normalized spacial score (nSPS) is 16.5. The van der Waals surface area contributed by atoms with Crippen LogP contribution in [0.5, 0.6) is 0 Å². The number of anilines is 3. The number of aromatic nitrogens is 2. The molecule has 6 heteroatoms.